The van der Waals surface area contributed by atoms with Gasteiger partial charge in [0.15, 0.2) is 0 Å². The normalized spacial score (nSPS) is 23.0. The molecule has 1 aromatic heterocycles. The van der Waals surface area contributed by atoms with Gasteiger partial charge >= 0.3 is 0 Å². The lowest BCUT2D eigenvalue weighted by atomic mass is 10.4. The predicted molar refractivity (Wildman–Crippen MR) is 80.5 cm³/mol. The van der Waals surface area contributed by atoms with Crippen LogP contribution in [0.3, 0.4) is 0 Å². The first kappa shape index (κ1) is 13.8. The van der Waals surface area contributed by atoms with E-state index in [1.165, 1.54) is 25.7 Å². The summed E-state index contributed by atoms with van der Waals surface area (Å²) in [7, 11) is -1.61. The lowest BCUT2D eigenvalue weighted by Crippen LogP contribution is -2.28. The van der Waals surface area contributed by atoms with Crippen LogP contribution in [0.4, 0.5) is 0 Å². The van der Waals surface area contributed by atoms with E-state index in [2.05, 4.69) is 9.88 Å². The van der Waals surface area contributed by atoms with Crippen molar-refractivity contribution in [1.29, 1.82) is 0 Å². The second kappa shape index (κ2) is 4.83. The fourth-order valence-electron chi connectivity index (χ4n) is 2.81. The Labute approximate surface area is 126 Å². The van der Waals surface area contributed by atoms with Crippen molar-refractivity contribution in [3.63, 3.8) is 0 Å². The first-order chi connectivity index (χ1) is 10.1. The SMILES string of the molecule is CN(C1CC1)S(=O)(=O)c1cc(CNC2CC2)n(C2CC2)c1. The number of rotatable bonds is 7. The quantitative estimate of drug-likeness (QED) is 0.836. The van der Waals surface area contributed by atoms with Gasteiger partial charge in [-0.2, -0.15) is 4.31 Å². The Balaban J connectivity index is 1.60. The molecule has 4 rings (SSSR count). The minimum atomic E-state index is -3.32. The molecule has 0 bridgehead atoms. The van der Waals surface area contributed by atoms with Crippen molar-refractivity contribution in [2.24, 2.45) is 0 Å². The molecular weight excluding hydrogens is 286 g/mol. The smallest absolute Gasteiger partial charge is 0.244 e. The molecule has 0 aromatic carbocycles. The van der Waals surface area contributed by atoms with Gasteiger partial charge in [-0.3, -0.25) is 0 Å². The average molecular weight is 309 g/mol. The highest BCUT2D eigenvalue weighted by molar-refractivity contribution is 7.89. The topological polar surface area (TPSA) is 54.3 Å². The van der Waals surface area contributed by atoms with E-state index >= 15 is 0 Å². The number of hydrogen-bond acceptors (Lipinski definition) is 3. The van der Waals surface area contributed by atoms with Crippen molar-refractivity contribution in [3.05, 3.63) is 18.0 Å². The molecular formula is C15H23N3O2S. The van der Waals surface area contributed by atoms with Crippen LogP contribution in [0.2, 0.25) is 0 Å². The molecule has 0 atom stereocenters. The number of sulfonamides is 1. The number of hydrogen-bond donors (Lipinski definition) is 1. The zero-order valence-electron chi connectivity index (χ0n) is 12.5. The highest BCUT2D eigenvalue weighted by atomic mass is 32.2. The molecule has 0 unspecified atom stereocenters. The van der Waals surface area contributed by atoms with E-state index in [0.717, 1.165) is 25.1 Å². The summed E-state index contributed by atoms with van der Waals surface area (Å²) in [6, 6.07) is 3.24. The third-order valence-electron chi connectivity index (χ3n) is 4.73. The molecule has 0 spiro atoms. The van der Waals surface area contributed by atoms with Gasteiger partial charge in [-0.15, -0.1) is 0 Å². The molecule has 0 aliphatic heterocycles. The van der Waals surface area contributed by atoms with Crippen molar-refractivity contribution >= 4 is 10.0 Å². The Morgan fingerprint density at radius 1 is 1.24 bits per heavy atom. The van der Waals surface area contributed by atoms with Crippen LogP contribution < -0.4 is 5.32 Å². The molecule has 116 valence electrons. The minimum absolute atomic E-state index is 0.215. The van der Waals surface area contributed by atoms with Gasteiger partial charge in [-0.05, 0) is 44.6 Å². The van der Waals surface area contributed by atoms with Crippen LogP contribution in [-0.2, 0) is 16.6 Å². The van der Waals surface area contributed by atoms with Crippen molar-refractivity contribution in [3.8, 4) is 0 Å². The maximum Gasteiger partial charge on any atom is 0.244 e. The first-order valence-electron chi connectivity index (χ1n) is 7.98. The molecule has 1 N–H and O–H groups in total. The summed E-state index contributed by atoms with van der Waals surface area (Å²) in [5, 5.41) is 3.50. The van der Waals surface area contributed by atoms with Gasteiger partial charge in [0.25, 0.3) is 0 Å². The standard InChI is InChI=1S/C15H23N3O2S/c1-17(12-4-5-12)21(19,20)15-8-14(9-16-11-2-3-11)18(10-15)13-6-7-13/h8,10-13,16H,2-7,9H2,1H3. The Hall–Kier alpha value is -0.850. The molecule has 6 heteroatoms. The molecule has 1 heterocycles. The summed E-state index contributed by atoms with van der Waals surface area (Å²) in [6.45, 7) is 0.782. The summed E-state index contributed by atoms with van der Waals surface area (Å²) in [5.74, 6) is 0. The van der Waals surface area contributed by atoms with Crippen LogP contribution in [-0.4, -0.2) is 36.4 Å². The predicted octanol–water partition coefficient (Wildman–Crippen LogP) is 1.86. The van der Waals surface area contributed by atoms with E-state index < -0.39 is 10.0 Å². The second-order valence-electron chi connectivity index (χ2n) is 6.71. The summed E-state index contributed by atoms with van der Waals surface area (Å²) in [5.41, 5.74) is 1.12. The van der Waals surface area contributed by atoms with Gasteiger partial charge in [0.05, 0.1) is 0 Å². The minimum Gasteiger partial charge on any atom is -0.346 e. The van der Waals surface area contributed by atoms with Crippen LogP contribution >= 0.6 is 0 Å². The van der Waals surface area contributed by atoms with Gasteiger partial charge in [-0.25, -0.2) is 8.42 Å². The van der Waals surface area contributed by atoms with Crippen molar-refractivity contribution in [2.45, 2.75) is 68.1 Å². The molecule has 3 fully saturated rings. The van der Waals surface area contributed by atoms with E-state index in [9.17, 15) is 8.42 Å². The van der Waals surface area contributed by atoms with E-state index in [4.69, 9.17) is 0 Å². The zero-order valence-corrected chi connectivity index (χ0v) is 13.3. The average Bonchev–Trinajstić information content (AvgIpc) is 3.33. The Morgan fingerprint density at radius 2 is 1.95 bits per heavy atom. The number of aromatic nitrogens is 1. The Kier molecular flexibility index (Phi) is 3.17. The molecule has 21 heavy (non-hydrogen) atoms. The van der Waals surface area contributed by atoms with Crippen LogP contribution in [0.5, 0.6) is 0 Å². The molecule has 5 nitrogen and oxygen atoms in total. The van der Waals surface area contributed by atoms with E-state index in [-0.39, 0.29) is 6.04 Å². The fraction of sp³-hybridized carbons (Fsp3) is 0.733. The fourth-order valence-corrected chi connectivity index (χ4v) is 4.28. The second-order valence-corrected chi connectivity index (χ2v) is 8.71. The Morgan fingerprint density at radius 3 is 2.52 bits per heavy atom. The molecule has 3 saturated carbocycles. The monoisotopic (exact) mass is 309 g/mol. The molecule has 3 aliphatic carbocycles. The van der Waals surface area contributed by atoms with Crippen molar-refractivity contribution in [1.82, 2.24) is 14.2 Å². The van der Waals surface area contributed by atoms with Gasteiger partial charge in [-0.1, -0.05) is 0 Å². The lowest BCUT2D eigenvalue weighted by molar-refractivity contribution is 0.464. The molecule has 0 amide bonds. The van der Waals surface area contributed by atoms with Crippen molar-refractivity contribution < 1.29 is 8.42 Å². The van der Waals surface area contributed by atoms with Gasteiger partial charge < -0.3 is 9.88 Å². The lowest BCUT2D eigenvalue weighted by Gasteiger charge is -2.14. The summed E-state index contributed by atoms with van der Waals surface area (Å²) >= 11 is 0. The van der Waals surface area contributed by atoms with Gasteiger partial charge in [0, 0.05) is 43.6 Å². The summed E-state index contributed by atoms with van der Waals surface area (Å²) < 4.78 is 29.1. The van der Waals surface area contributed by atoms with Gasteiger partial charge in [0.1, 0.15) is 4.90 Å². The largest absolute Gasteiger partial charge is 0.346 e. The van der Waals surface area contributed by atoms with E-state index in [1.54, 1.807) is 11.4 Å². The van der Waals surface area contributed by atoms with Crippen LogP contribution in [0.25, 0.3) is 0 Å². The summed E-state index contributed by atoms with van der Waals surface area (Å²) in [6.07, 6.45) is 8.69. The first-order valence-corrected chi connectivity index (χ1v) is 9.42. The maximum absolute atomic E-state index is 12.7. The van der Waals surface area contributed by atoms with E-state index in [0.29, 0.717) is 17.0 Å². The maximum atomic E-state index is 12.7. The number of nitrogens with zero attached hydrogens (tertiary/aromatic N) is 2. The molecule has 1 aromatic rings. The highest BCUT2D eigenvalue weighted by Gasteiger charge is 2.37. The van der Waals surface area contributed by atoms with Crippen LogP contribution in [0, 0.1) is 0 Å². The zero-order chi connectivity index (χ0) is 14.6. The third kappa shape index (κ3) is 2.76. The third-order valence-corrected chi connectivity index (χ3v) is 6.61. The number of nitrogens with one attached hydrogen (secondary N) is 1. The summed E-state index contributed by atoms with van der Waals surface area (Å²) in [4.78, 5) is 0.469. The molecule has 0 saturated heterocycles. The molecule has 0 radical (unpaired) electrons. The van der Waals surface area contributed by atoms with E-state index in [1.807, 2.05) is 12.3 Å². The highest BCUT2D eigenvalue weighted by Crippen LogP contribution is 2.38. The van der Waals surface area contributed by atoms with Crippen LogP contribution in [0.15, 0.2) is 17.2 Å². The van der Waals surface area contributed by atoms with Crippen LogP contribution in [0.1, 0.15) is 50.3 Å². The van der Waals surface area contributed by atoms with Crippen molar-refractivity contribution in [2.75, 3.05) is 7.05 Å². The molecule has 3 aliphatic rings. The van der Waals surface area contributed by atoms with Gasteiger partial charge in [0.2, 0.25) is 10.0 Å². The Bertz CT molecular complexity index is 640.